The molecule has 1 aromatic carbocycles. The number of aromatic nitrogens is 2. The van der Waals surface area contributed by atoms with Crippen molar-refractivity contribution in [3.63, 3.8) is 0 Å². The van der Waals surface area contributed by atoms with Crippen LogP contribution in [0.15, 0.2) is 32.7 Å². The van der Waals surface area contributed by atoms with E-state index in [9.17, 15) is 17.6 Å². The van der Waals surface area contributed by atoms with Crippen molar-refractivity contribution in [3.05, 3.63) is 45.4 Å². The number of hydrogen-bond acceptors (Lipinski definition) is 8. The topological polar surface area (TPSA) is 142 Å². The van der Waals surface area contributed by atoms with Gasteiger partial charge in [0.1, 0.15) is 11.5 Å². The third-order valence-electron chi connectivity index (χ3n) is 3.42. The van der Waals surface area contributed by atoms with E-state index in [-0.39, 0.29) is 53.3 Å². The number of sulfonamides is 1. The maximum Gasteiger partial charge on any atom is 0.446 e. The van der Waals surface area contributed by atoms with Crippen LogP contribution < -0.4 is 16.4 Å². The van der Waals surface area contributed by atoms with Crippen molar-refractivity contribution in [1.29, 1.82) is 0 Å². The van der Waals surface area contributed by atoms with Crippen molar-refractivity contribution in [2.75, 3.05) is 18.2 Å². The Hall–Kier alpha value is -1.99. The lowest BCUT2D eigenvalue weighted by atomic mass is 10.2. The summed E-state index contributed by atoms with van der Waals surface area (Å²) < 4.78 is 45.0. The fourth-order valence-electron chi connectivity index (χ4n) is 2.19. The van der Waals surface area contributed by atoms with E-state index in [0.29, 0.717) is 0 Å². The molecule has 0 atom stereocenters. The van der Waals surface area contributed by atoms with Gasteiger partial charge in [0.05, 0.1) is 16.5 Å². The fourth-order valence-corrected chi connectivity index (χ4v) is 3.74. The quantitative estimate of drug-likeness (QED) is 0.310. The molecule has 0 amide bonds. The molecule has 0 aliphatic heterocycles. The van der Waals surface area contributed by atoms with E-state index >= 15 is 0 Å². The van der Waals surface area contributed by atoms with E-state index in [1.54, 1.807) is 0 Å². The average molecular weight is 456 g/mol. The lowest BCUT2D eigenvalue weighted by Gasteiger charge is -2.09. The average Bonchev–Trinajstić information content (AvgIpc) is 3.03. The first-order valence-electron chi connectivity index (χ1n) is 7.79. The van der Waals surface area contributed by atoms with Gasteiger partial charge in [-0.1, -0.05) is 21.9 Å². The molecule has 0 radical (unpaired) electrons. The molecule has 10 nitrogen and oxygen atoms in total. The second-order valence-corrected chi connectivity index (χ2v) is 8.07. The molecule has 0 saturated carbocycles. The Bertz CT molecular complexity index is 1010. The molecule has 0 unspecified atom stereocenters. The molecule has 3 N–H and O–H groups in total. The molecule has 0 spiro atoms. The highest BCUT2D eigenvalue weighted by Gasteiger charge is 2.20. The number of nitrogens with two attached hydrogens (primary N) is 1. The first-order valence-corrected chi connectivity index (χ1v) is 10.4. The van der Waals surface area contributed by atoms with Crippen LogP contribution in [0, 0.1) is 5.82 Å². The summed E-state index contributed by atoms with van der Waals surface area (Å²) in [6.07, 6.45) is 0.246. The standard InChI is InChI=1S/C14H16Cl2FN5O5S/c15-5-1-7-28(24,25)19-6-4-12(20-27-18)13-21-26-14(23)22(13)9-2-3-11(17)10(16)8-9/h2-3,8,19H,1,4-7,18H2/b20-12+. The second kappa shape index (κ2) is 9.98. The minimum atomic E-state index is -3.54. The number of halogens is 3. The van der Waals surface area contributed by atoms with Crippen LogP contribution in [0.5, 0.6) is 0 Å². The van der Waals surface area contributed by atoms with Crippen LogP contribution in [-0.2, 0) is 15.0 Å². The van der Waals surface area contributed by atoms with E-state index < -0.39 is 21.6 Å². The lowest BCUT2D eigenvalue weighted by molar-refractivity contribution is 0.148. The highest BCUT2D eigenvalue weighted by atomic mass is 35.5. The molecular formula is C14H16Cl2FN5O5S. The Morgan fingerprint density at radius 1 is 1.46 bits per heavy atom. The lowest BCUT2D eigenvalue weighted by Crippen LogP contribution is -2.30. The minimum Gasteiger partial charge on any atom is -0.302 e. The number of alkyl halides is 1. The molecule has 2 aromatic rings. The maximum atomic E-state index is 13.4. The Morgan fingerprint density at radius 2 is 2.21 bits per heavy atom. The second-order valence-electron chi connectivity index (χ2n) is 5.36. The molecule has 1 heterocycles. The molecule has 0 aliphatic rings. The summed E-state index contributed by atoms with van der Waals surface area (Å²) in [6.45, 7) is -0.0853. The van der Waals surface area contributed by atoms with Crippen LogP contribution >= 0.6 is 23.2 Å². The highest BCUT2D eigenvalue weighted by Crippen LogP contribution is 2.19. The molecule has 1 aromatic heterocycles. The van der Waals surface area contributed by atoms with Crippen molar-refractivity contribution < 1.29 is 22.3 Å². The maximum absolute atomic E-state index is 13.4. The molecule has 0 saturated heterocycles. The summed E-state index contributed by atoms with van der Waals surface area (Å²) in [6, 6.07) is 3.52. The van der Waals surface area contributed by atoms with Gasteiger partial charge in [-0.2, -0.15) is 0 Å². The smallest absolute Gasteiger partial charge is 0.302 e. The monoisotopic (exact) mass is 455 g/mol. The first kappa shape index (κ1) is 22.3. The first-order chi connectivity index (χ1) is 13.3. The zero-order chi connectivity index (χ0) is 20.7. The van der Waals surface area contributed by atoms with Gasteiger partial charge in [0.2, 0.25) is 15.8 Å². The third kappa shape index (κ3) is 5.75. The van der Waals surface area contributed by atoms with Gasteiger partial charge in [0.15, 0.2) is 0 Å². The number of benzene rings is 1. The van der Waals surface area contributed by atoms with Gasteiger partial charge in [0.25, 0.3) is 0 Å². The van der Waals surface area contributed by atoms with Gasteiger partial charge in [-0.15, -0.1) is 17.5 Å². The van der Waals surface area contributed by atoms with Gasteiger partial charge in [-0.3, -0.25) is 4.52 Å². The fraction of sp³-hybridized carbons (Fsp3) is 0.357. The molecule has 0 bridgehead atoms. The summed E-state index contributed by atoms with van der Waals surface area (Å²) in [5, 5.41) is 6.95. The highest BCUT2D eigenvalue weighted by molar-refractivity contribution is 7.89. The molecule has 14 heteroatoms. The van der Waals surface area contributed by atoms with Crippen LogP contribution in [0.4, 0.5) is 4.39 Å². The van der Waals surface area contributed by atoms with E-state index in [4.69, 9.17) is 29.1 Å². The number of nitrogens with zero attached hydrogens (tertiary/aromatic N) is 3. The zero-order valence-corrected chi connectivity index (χ0v) is 16.6. The summed E-state index contributed by atoms with van der Waals surface area (Å²) in [4.78, 5) is 16.3. The van der Waals surface area contributed by atoms with Crippen LogP contribution in [0.25, 0.3) is 5.69 Å². The van der Waals surface area contributed by atoms with E-state index in [0.717, 1.165) is 10.6 Å². The summed E-state index contributed by atoms with van der Waals surface area (Å²) in [5.74, 6) is 3.35. The van der Waals surface area contributed by atoms with Gasteiger partial charge in [-0.05, 0) is 24.6 Å². The van der Waals surface area contributed by atoms with Crippen LogP contribution in [0.3, 0.4) is 0 Å². The van der Waals surface area contributed by atoms with Crippen LogP contribution in [0.2, 0.25) is 5.02 Å². The van der Waals surface area contributed by atoms with E-state index in [2.05, 4.69) is 24.5 Å². The Balaban J connectivity index is 2.27. The van der Waals surface area contributed by atoms with E-state index in [1.807, 2.05) is 0 Å². The van der Waals surface area contributed by atoms with Crippen molar-refractivity contribution in [2.24, 2.45) is 11.1 Å². The summed E-state index contributed by atoms with van der Waals surface area (Å²) in [7, 11) is -3.54. The number of rotatable bonds is 10. The van der Waals surface area contributed by atoms with Crippen molar-refractivity contribution in [1.82, 2.24) is 14.4 Å². The predicted molar refractivity (Wildman–Crippen MR) is 101 cm³/mol. The number of oxime groups is 1. The molecule has 2 rings (SSSR count). The molecule has 0 aliphatic carbocycles. The molecule has 0 fully saturated rings. The van der Waals surface area contributed by atoms with Crippen LogP contribution in [-0.4, -0.2) is 42.0 Å². The largest absolute Gasteiger partial charge is 0.446 e. The van der Waals surface area contributed by atoms with Gasteiger partial charge >= 0.3 is 5.76 Å². The van der Waals surface area contributed by atoms with Gasteiger partial charge in [0, 0.05) is 18.8 Å². The van der Waals surface area contributed by atoms with Crippen LogP contribution in [0.1, 0.15) is 18.7 Å². The number of hydrogen-bond donors (Lipinski definition) is 2. The molecular weight excluding hydrogens is 440 g/mol. The Kier molecular flexibility index (Phi) is 7.95. The predicted octanol–water partition coefficient (Wildman–Crippen LogP) is 1.15. The molecule has 154 valence electrons. The Labute approximate surface area is 169 Å². The van der Waals surface area contributed by atoms with Crippen molar-refractivity contribution in [2.45, 2.75) is 12.8 Å². The van der Waals surface area contributed by atoms with E-state index in [1.165, 1.54) is 12.1 Å². The van der Waals surface area contributed by atoms with Crippen molar-refractivity contribution >= 4 is 38.9 Å². The number of nitrogens with one attached hydrogen (secondary N) is 1. The SMILES string of the molecule is NO/N=C(\CCNS(=O)(=O)CCCCl)c1noc(=O)n1-c1ccc(F)c(Cl)c1. The minimum absolute atomic E-state index is 0.00819. The zero-order valence-electron chi connectivity index (χ0n) is 14.3. The normalized spacial score (nSPS) is 12.4. The van der Waals surface area contributed by atoms with Gasteiger partial charge < -0.3 is 4.94 Å². The summed E-state index contributed by atoms with van der Waals surface area (Å²) >= 11 is 11.2. The Morgan fingerprint density at radius 3 is 2.86 bits per heavy atom. The molecule has 28 heavy (non-hydrogen) atoms. The third-order valence-corrected chi connectivity index (χ3v) is 5.44. The van der Waals surface area contributed by atoms with Gasteiger partial charge in [-0.25, -0.2) is 26.9 Å². The summed E-state index contributed by atoms with van der Waals surface area (Å²) in [5.41, 5.74) is 0.161. The van der Waals surface area contributed by atoms with Crippen molar-refractivity contribution in [3.8, 4) is 5.69 Å².